The number of aromatic nitrogens is 2. The first-order valence-corrected chi connectivity index (χ1v) is 4.82. The first-order chi connectivity index (χ1) is 6.75. The van der Waals surface area contributed by atoms with Crippen LogP contribution in [0.1, 0.15) is 0 Å². The van der Waals surface area contributed by atoms with Gasteiger partial charge in [0.05, 0.1) is 13.2 Å². The number of hydrogen-bond acceptors (Lipinski definition) is 4. The summed E-state index contributed by atoms with van der Waals surface area (Å²) in [7, 11) is 1.90. The van der Waals surface area contributed by atoms with Crippen LogP contribution in [0.25, 0.3) is 0 Å². The molecule has 5 nitrogen and oxygen atoms in total. The summed E-state index contributed by atoms with van der Waals surface area (Å²) in [4.78, 5) is 0. The fourth-order valence-electron chi connectivity index (χ4n) is 1.57. The molecule has 1 aliphatic heterocycles. The molecule has 1 aliphatic rings. The highest BCUT2D eigenvalue weighted by Crippen LogP contribution is 2.12. The molecule has 5 heteroatoms. The predicted octanol–water partition coefficient (Wildman–Crippen LogP) is -0.194. The highest BCUT2D eigenvalue weighted by Gasteiger charge is 2.24. The minimum absolute atomic E-state index is 0.159. The van der Waals surface area contributed by atoms with Crippen LogP contribution in [0, 0.1) is 5.92 Å². The van der Waals surface area contributed by atoms with E-state index in [-0.39, 0.29) is 6.04 Å². The molecular formula is C9H16N4O. The van der Waals surface area contributed by atoms with Gasteiger partial charge in [-0.2, -0.15) is 5.10 Å². The second-order valence-electron chi connectivity index (χ2n) is 3.72. The van der Waals surface area contributed by atoms with Crippen LogP contribution in [0.5, 0.6) is 0 Å². The minimum atomic E-state index is 0.159. The van der Waals surface area contributed by atoms with Crippen molar-refractivity contribution in [2.45, 2.75) is 6.04 Å². The third kappa shape index (κ3) is 2.05. The molecule has 2 rings (SSSR count). The first kappa shape index (κ1) is 9.48. The van der Waals surface area contributed by atoms with Crippen LogP contribution in [-0.4, -0.2) is 35.6 Å². The molecule has 0 spiro atoms. The number of nitrogens with one attached hydrogen (secondary N) is 1. The largest absolute Gasteiger partial charge is 0.379 e. The van der Waals surface area contributed by atoms with E-state index in [2.05, 4.69) is 10.4 Å². The lowest BCUT2D eigenvalue weighted by atomic mass is 10.1. The number of ether oxygens (including phenoxy) is 1. The fourth-order valence-corrected chi connectivity index (χ4v) is 1.57. The molecule has 1 fully saturated rings. The van der Waals surface area contributed by atoms with Crippen molar-refractivity contribution in [1.29, 1.82) is 0 Å². The van der Waals surface area contributed by atoms with Crippen molar-refractivity contribution in [3.05, 3.63) is 12.3 Å². The van der Waals surface area contributed by atoms with E-state index in [9.17, 15) is 0 Å². The molecule has 2 unspecified atom stereocenters. The van der Waals surface area contributed by atoms with Gasteiger partial charge in [-0.3, -0.25) is 4.68 Å². The van der Waals surface area contributed by atoms with E-state index >= 15 is 0 Å². The molecule has 0 amide bonds. The van der Waals surface area contributed by atoms with Gasteiger partial charge in [-0.25, -0.2) is 0 Å². The van der Waals surface area contributed by atoms with E-state index in [1.54, 1.807) is 4.68 Å². The molecule has 0 aromatic carbocycles. The number of anilines is 1. The average Bonchev–Trinajstić information content (AvgIpc) is 2.72. The smallest absolute Gasteiger partial charge is 0.147 e. The number of hydrogen-bond donors (Lipinski definition) is 2. The Bertz CT molecular complexity index is 299. The lowest BCUT2D eigenvalue weighted by Gasteiger charge is -2.13. The Morgan fingerprint density at radius 2 is 2.57 bits per heavy atom. The molecule has 1 saturated heterocycles. The molecule has 0 bridgehead atoms. The second-order valence-corrected chi connectivity index (χ2v) is 3.72. The molecule has 0 radical (unpaired) electrons. The zero-order valence-electron chi connectivity index (χ0n) is 8.31. The highest BCUT2D eigenvalue weighted by atomic mass is 16.5. The van der Waals surface area contributed by atoms with Crippen molar-refractivity contribution in [1.82, 2.24) is 9.78 Å². The first-order valence-electron chi connectivity index (χ1n) is 4.82. The minimum Gasteiger partial charge on any atom is -0.379 e. The van der Waals surface area contributed by atoms with Gasteiger partial charge in [0.1, 0.15) is 5.82 Å². The molecule has 0 aliphatic carbocycles. The highest BCUT2D eigenvalue weighted by molar-refractivity contribution is 5.32. The van der Waals surface area contributed by atoms with Gasteiger partial charge in [0.15, 0.2) is 0 Å². The van der Waals surface area contributed by atoms with Crippen LogP contribution in [0.15, 0.2) is 12.3 Å². The Labute approximate surface area is 83.2 Å². The Balaban J connectivity index is 1.82. The monoisotopic (exact) mass is 196 g/mol. The van der Waals surface area contributed by atoms with Gasteiger partial charge in [0.2, 0.25) is 0 Å². The molecule has 14 heavy (non-hydrogen) atoms. The lowest BCUT2D eigenvalue weighted by Crippen LogP contribution is -2.33. The molecule has 78 valence electrons. The normalized spacial score (nSPS) is 26.7. The standard InChI is InChI=1S/C9H16N4O/c1-13-3-2-9(12-13)11-4-7-5-14-6-8(7)10/h2-3,7-8H,4-6,10H2,1H3,(H,11,12). The van der Waals surface area contributed by atoms with Crippen molar-refractivity contribution >= 4 is 5.82 Å². The zero-order valence-corrected chi connectivity index (χ0v) is 8.31. The van der Waals surface area contributed by atoms with Crippen LogP contribution in [0.3, 0.4) is 0 Å². The molecule has 3 N–H and O–H groups in total. The van der Waals surface area contributed by atoms with Crippen molar-refractivity contribution in [3.63, 3.8) is 0 Å². The second kappa shape index (κ2) is 3.98. The summed E-state index contributed by atoms with van der Waals surface area (Å²) in [6.07, 6.45) is 1.91. The van der Waals surface area contributed by atoms with Crippen LogP contribution in [0.2, 0.25) is 0 Å². The van der Waals surface area contributed by atoms with E-state index in [1.807, 2.05) is 19.3 Å². The van der Waals surface area contributed by atoms with Crippen LogP contribution in [-0.2, 0) is 11.8 Å². The van der Waals surface area contributed by atoms with Crippen LogP contribution < -0.4 is 11.1 Å². The molecule has 0 saturated carbocycles. The van der Waals surface area contributed by atoms with Crippen molar-refractivity contribution in [2.24, 2.45) is 18.7 Å². The third-order valence-corrected chi connectivity index (χ3v) is 2.51. The van der Waals surface area contributed by atoms with Crippen LogP contribution in [0.4, 0.5) is 5.82 Å². The maximum Gasteiger partial charge on any atom is 0.147 e. The summed E-state index contributed by atoms with van der Waals surface area (Å²) in [6.45, 7) is 2.26. The van der Waals surface area contributed by atoms with Crippen molar-refractivity contribution < 1.29 is 4.74 Å². The topological polar surface area (TPSA) is 65.1 Å². The summed E-state index contributed by atoms with van der Waals surface area (Å²) in [5.41, 5.74) is 5.86. The Morgan fingerprint density at radius 3 is 3.14 bits per heavy atom. The third-order valence-electron chi connectivity index (χ3n) is 2.51. The van der Waals surface area contributed by atoms with E-state index in [0.29, 0.717) is 12.5 Å². The van der Waals surface area contributed by atoms with Gasteiger partial charge < -0.3 is 15.8 Å². The zero-order chi connectivity index (χ0) is 9.97. The number of nitrogens with two attached hydrogens (primary N) is 1. The van der Waals surface area contributed by atoms with Gasteiger partial charge >= 0.3 is 0 Å². The van der Waals surface area contributed by atoms with E-state index in [0.717, 1.165) is 19.0 Å². The Hall–Kier alpha value is -1.07. The predicted molar refractivity (Wildman–Crippen MR) is 54.0 cm³/mol. The SMILES string of the molecule is Cn1ccc(NCC2COCC2N)n1. The quantitative estimate of drug-likeness (QED) is 0.703. The lowest BCUT2D eigenvalue weighted by molar-refractivity contribution is 0.185. The molecule has 1 aromatic heterocycles. The van der Waals surface area contributed by atoms with Gasteiger partial charge in [0, 0.05) is 37.8 Å². The fraction of sp³-hybridized carbons (Fsp3) is 0.667. The van der Waals surface area contributed by atoms with E-state index < -0.39 is 0 Å². The summed E-state index contributed by atoms with van der Waals surface area (Å²) >= 11 is 0. The van der Waals surface area contributed by atoms with Gasteiger partial charge in [0.25, 0.3) is 0 Å². The summed E-state index contributed by atoms with van der Waals surface area (Å²) in [5, 5.41) is 7.47. The number of rotatable bonds is 3. The maximum atomic E-state index is 5.86. The molecule has 2 heterocycles. The summed E-state index contributed by atoms with van der Waals surface area (Å²) in [6, 6.07) is 2.10. The summed E-state index contributed by atoms with van der Waals surface area (Å²) < 4.78 is 7.04. The number of aryl methyl sites for hydroxylation is 1. The van der Waals surface area contributed by atoms with Crippen molar-refractivity contribution in [2.75, 3.05) is 25.1 Å². The molecular weight excluding hydrogens is 180 g/mol. The van der Waals surface area contributed by atoms with E-state index in [1.165, 1.54) is 0 Å². The maximum absolute atomic E-state index is 5.86. The molecule has 2 atom stereocenters. The van der Waals surface area contributed by atoms with Crippen molar-refractivity contribution in [3.8, 4) is 0 Å². The number of nitrogens with zero attached hydrogens (tertiary/aromatic N) is 2. The van der Waals surface area contributed by atoms with Crippen LogP contribution >= 0.6 is 0 Å². The Kier molecular flexibility index (Phi) is 2.69. The Morgan fingerprint density at radius 1 is 1.71 bits per heavy atom. The molecule has 1 aromatic rings. The van der Waals surface area contributed by atoms with E-state index in [4.69, 9.17) is 10.5 Å². The van der Waals surface area contributed by atoms with Gasteiger partial charge in [-0.05, 0) is 0 Å². The van der Waals surface area contributed by atoms with Gasteiger partial charge in [-0.15, -0.1) is 0 Å². The average molecular weight is 196 g/mol. The summed E-state index contributed by atoms with van der Waals surface area (Å²) in [5.74, 6) is 1.30. The van der Waals surface area contributed by atoms with Gasteiger partial charge in [-0.1, -0.05) is 0 Å².